The van der Waals surface area contributed by atoms with Crippen LogP contribution >= 0.6 is 0 Å². The van der Waals surface area contributed by atoms with Gasteiger partial charge in [-0.2, -0.15) is 0 Å². The molecule has 0 aromatic heterocycles. The fourth-order valence-electron chi connectivity index (χ4n) is 3.84. The summed E-state index contributed by atoms with van der Waals surface area (Å²) in [6.45, 7) is 0.948. The van der Waals surface area contributed by atoms with Crippen molar-refractivity contribution < 1.29 is 19.0 Å². The summed E-state index contributed by atoms with van der Waals surface area (Å²) in [6.07, 6.45) is 1.49. The molecular formula is C30H28FNO3. The van der Waals surface area contributed by atoms with E-state index in [9.17, 15) is 14.3 Å². The van der Waals surface area contributed by atoms with Crippen LogP contribution in [0, 0.1) is 5.82 Å². The Labute approximate surface area is 205 Å². The average Bonchev–Trinajstić information content (AvgIpc) is 2.89. The van der Waals surface area contributed by atoms with Gasteiger partial charge in [-0.15, -0.1) is 0 Å². The number of phenolic OH excluding ortho intramolecular Hbond substituents is 1. The van der Waals surface area contributed by atoms with E-state index < -0.39 is 0 Å². The molecule has 0 aliphatic rings. The number of aromatic hydroxyl groups is 1. The number of halogens is 1. The van der Waals surface area contributed by atoms with Gasteiger partial charge in [0.05, 0.1) is 0 Å². The molecule has 1 amide bonds. The van der Waals surface area contributed by atoms with Crippen molar-refractivity contribution in [2.45, 2.75) is 25.9 Å². The summed E-state index contributed by atoms with van der Waals surface area (Å²) < 4.78 is 19.4. The van der Waals surface area contributed by atoms with Crippen LogP contribution in [0.4, 0.5) is 10.1 Å². The van der Waals surface area contributed by atoms with E-state index in [0.29, 0.717) is 38.1 Å². The molecule has 4 aromatic carbocycles. The third-order valence-electron chi connectivity index (χ3n) is 5.77. The first-order valence-corrected chi connectivity index (χ1v) is 11.7. The Hall–Kier alpha value is -4.12. The second-order valence-corrected chi connectivity index (χ2v) is 8.36. The maximum Gasteiger partial charge on any atom is 0.227 e. The summed E-state index contributed by atoms with van der Waals surface area (Å²) in [5.74, 6) is 0.594. The van der Waals surface area contributed by atoms with Crippen molar-refractivity contribution in [3.05, 3.63) is 126 Å². The Bertz CT molecular complexity index is 1220. The smallest absolute Gasteiger partial charge is 0.227 e. The highest BCUT2D eigenvalue weighted by atomic mass is 19.1. The lowest BCUT2D eigenvalue weighted by atomic mass is 10.1. The van der Waals surface area contributed by atoms with Crippen molar-refractivity contribution in [1.29, 1.82) is 0 Å². The molecule has 0 saturated carbocycles. The zero-order chi connectivity index (χ0) is 24.5. The molecule has 4 nitrogen and oxygen atoms in total. The predicted octanol–water partition coefficient (Wildman–Crippen LogP) is 6.32. The van der Waals surface area contributed by atoms with Crippen molar-refractivity contribution in [1.82, 2.24) is 0 Å². The van der Waals surface area contributed by atoms with Crippen molar-refractivity contribution in [2.24, 2.45) is 0 Å². The number of anilines is 1. The molecule has 0 spiro atoms. The van der Waals surface area contributed by atoms with Crippen LogP contribution in [0.3, 0.4) is 0 Å². The molecule has 0 saturated heterocycles. The number of hydrogen-bond acceptors (Lipinski definition) is 3. The van der Waals surface area contributed by atoms with Crippen LogP contribution in [-0.4, -0.2) is 17.6 Å². The van der Waals surface area contributed by atoms with E-state index in [0.717, 1.165) is 22.4 Å². The maximum atomic E-state index is 13.5. The monoisotopic (exact) mass is 469 g/mol. The summed E-state index contributed by atoms with van der Waals surface area (Å²) in [7, 11) is 0. The molecule has 0 fully saturated rings. The second-order valence-electron chi connectivity index (χ2n) is 8.36. The first-order chi connectivity index (χ1) is 17.1. The average molecular weight is 470 g/mol. The number of carbonyl (C=O) groups is 1. The Balaban J connectivity index is 1.41. The topological polar surface area (TPSA) is 49.8 Å². The van der Waals surface area contributed by atoms with Gasteiger partial charge in [-0.3, -0.25) is 4.79 Å². The number of ether oxygens (including phenoxy) is 1. The van der Waals surface area contributed by atoms with Gasteiger partial charge in [-0.25, -0.2) is 4.39 Å². The Morgan fingerprint density at radius 2 is 1.49 bits per heavy atom. The molecule has 0 radical (unpaired) electrons. The summed E-state index contributed by atoms with van der Waals surface area (Å²) in [5, 5.41) is 9.47. The molecule has 35 heavy (non-hydrogen) atoms. The van der Waals surface area contributed by atoms with Gasteiger partial charge in [0.1, 0.15) is 23.9 Å². The molecule has 178 valence electrons. The normalized spacial score (nSPS) is 10.7. The molecule has 0 bridgehead atoms. The lowest BCUT2D eigenvalue weighted by Crippen LogP contribution is -2.33. The van der Waals surface area contributed by atoms with Crippen LogP contribution in [0.15, 0.2) is 103 Å². The van der Waals surface area contributed by atoms with Gasteiger partial charge in [0.2, 0.25) is 5.91 Å². The molecule has 0 heterocycles. The number of nitrogens with zero attached hydrogens (tertiary/aromatic N) is 1. The zero-order valence-electron chi connectivity index (χ0n) is 19.4. The minimum absolute atomic E-state index is 0.0406. The van der Waals surface area contributed by atoms with Gasteiger partial charge < -0.3 is 14.7 Å². The largest absolute Gasteiger partial charge is 0.508 e. The number of aryl methyl sites for hydroxylation is 1. The van der Waals surface area contributed by atoms with E-state index >= 15 is 0 Å². The van der Waals surface area contributed by atoms with Gasteiger partial charge >= 0.3 is 0 Å². The summed E-state index contributed by atoms with van der Waals surface area (Å²) >= 11 is 0. The third-order valence-corrected chi connectivity index (χ3v) is 5.77. The third kappa shape index (κ3) is 7.18. The van der Waals surface area contributed by atoms with Crippen LogP contribution in [0.5, 0.6) is 11.5 Å². The van der Waals surface area contributed by atoms with Gasteiger partial charge in [-0.05, 0) is 78.1 Å². The van der Waals surface area contributed by atoms with Gasteiger partial charge in [0, 0.05) is 18.7 Å². The highest BCUT2D eigenvalue weighted by Gasteiger charge is 2.16. The molecule has 0 atom stereocenters. The fourth-order valence-corrected chi connectivity index (χ4v) is 3.84. The van der Waals surface area contributed by atoms with E-state index in [4.69, 9.17) is 4.74 Å². The van der Waals surface area contributed by atoms with Gasteiger partial charge in [0.15, 0.2) is 0 Å². The highest BCUT2D eigenvalue weighted by molar-refractivity contribution is 5.93. The van der Waals surface area contributed by atoms with Crippen molar-refractivity contribution in [3.8, 4) is 11.5 Å². The Morgan fingerprint density at radius 3 is 2.23 bits per heavy atom. The van der Waals surface area contributed by atoms with Crippen LogP contribution in [0.25, 0.3) is 0 Å². The SMILES string of the molecule is O=C(CCc1ccc(O)cc1)N(CCc1cccc(OCc2ccccc2)c1)c1ccc(F)cc1. The van der Waals surface area contributed by atoms with E-state index in [-0.39, 0.29) is 17.5 Å². The van der Waals surface area contributed by atoms with Gasteiger partial charge in [0.25, 0.3) is 0 Å². The van der Waals surface area contributed by atoms with E-state index in [1.807, 2.05) is 66.7 Å². The highest BCUT2D eigenvalue weighted by Crippen LogP contribution is 2.20. The number of rotatable bonds is 10. The molecule has 5 heteroatoms. The maximum absolute atomic E-state index is 13.5. The standard InChI is InChI=1S/C30H28FNO3/c31-26-12-14-27(15-13-26)32(30(34)18-11-23-9-16-28(33)17-10-23)20-19-24-7-4-8-29(21-24)35-22-25-5-2-1-3-6-25/h1-10,12-17,21,33H,11,18-20,22H2. The predicted molar refractivity (Wildman–Crippen MR) is 136 cm³/mol. The van der Waals surface area contributed by atoms with Crippen LogP contribution in [-0.2, 0) is 24.2 Å². The van der Waals surface area contributed by atoms with Crippen molar-refractivity contribution in [2.75, 3.05) is 11.4 Å². The molecule has 0 aliphatic heterocycles. The number of benzene rings is 4. The molecule has 4 rings (SSSR count). The fraction of sp³-hybridized carbons (Fsp3) is 0.167. The van der Waals surface area contributed by atoms with E-state index in [1.165, 1.54) is 12.1 Å². The first kappa shape index (κ1) is 24.0. The number of phenols is 1. The molecule has 0 aliphatic carbocycles. The van der Waals surface area contributed by atoms with Crippen molar-refractivity contribution in [3.63, 3.8) is 0 Å². The summed E-state index contributed by atoms with van der Waals surface area (Å²) in [4.78, 5) is 14.9. The van der Waals surface area contributed by atoms with Crippen LogP contribution < -0.4 is 9.64 Å². The quantitative estimate of drug-likeness (QED) is 0.296. The second kappa shape index (κ2) is 11.8. The summed E-state index contributed by atoms with van der Waals surface area (Å²) in [5.41, 5.74) is 3.78. The molecular weight excluding hydrogens is 441 g/mol. The van der Waals surface area contributed by atoms with E-state index in [1.54, 1.807) is 29.2 Å². The number of amides is 1. The van der Waals surface area contributed by atoms with Gasteiger partial charge in [-0.1, -0.05) is 54.6 Å². The molecule has 4 aromatic rings. The minimum Gasteiger partial charge on any atom is -0.508 e. The van der Waals surface area contributed by atoms with Crippen LogP contribution in [0.2, 0.25) is 0 Å². The molecule has 0 unspecified atom stereocenters. The summed E-state index contributed by atoms with van der Waals surface area (Å²) in [6, 6.07) is 30.7. The number of hydrogen-bond donors (Lipinski definition) is 1. The first-order valence-electron chi connectivity index (χ1n) is 11.7. The Morgan fingerprint density at radius 1 is 0.771 bits per heavy atom. The van der Waals surface area contributed by atoms with Crippen LogP contribution in [0.1, 0.15) is 23.1 Å². The Kier molecular flexibility index (Phi) is 8.12. The van der Waals surface area contributed by atoms with Crippen molar-refractivity contribution >= 4 is 11.6 Å². The zero-order valence-corrected chi connectivity index (χ0v) is 19.4. The lowest BCUT2D eigenvalue weighted by Gasteiger charge is -2.23. The number of carbonyl (C=O) groups excluding carboxylic acids is 1. The minimum atomic E-state index is -0.339. The lowest BCUT2D eigenvalue weighted by molar-refractivity contribution is -0.118. The van der Waals surface area contributed by atoms with E-state index in [2.05, 4.69) is 0 Å². The molecule has 1 N–H and O–H groups in total.